The zero-order chi connectivity index (χ0) is 16.4. The number of hydrogen-bond donors (Lipinski definition) is 0. The first-order valence-electron chi connectivity index (χ1n) is 7.47. The van der Waals surface area contributed by atoms with E-state index in [0.29, 0.717) is 0 Å². The average molecular weight is 361 g/mol. The summed E-state index contributed by atoms with van der Waals surface area (Å²) in [6, 6.07) is 24.0. The molecule has 0 fully saturated rings. The van der Waals surface area contributed by atoms with Crippen LogP contribution in [0.3, 0.4) is 0 Å². The molecule has 0 radical (unpaired) electrons. The molecule has 0 heterocycles. The highest BCUT2D eigenvalue weighted by atomic mass is 35.5. The highest BCUT2D eigenvalue weighted by Crippen LogP contribution is 2.15. The Labute approximate surface area is 151 Å². The smallest absolute Gasteiger partial charge is 0.0789 e. The Morgan fingerprint density at radius 2 is 0.870 bits per heavy atom. The maximum absolute atomic E-state index is 6.25. The maximum atomic E-state index is 6.25. The predicted octanol–water partition coefficient (Wildman–Crippen LogP) is 4.75. The quantitative estimate of drug-likeness (QED) is 0.592. The standard InChI is InChI=1S/C19H15BCl3/c1-20(14-5-2-8-17(21)11-14,15-6-3-9-18(22)12-15)16-7-4-10-19(23)13-16/h2-13H,1H3/q-1. The monoisotopic (exact) mass is 359 g/mol. The molecule has 23 heavy (non-hydrogen) atoms. The first kappa shape index (κ1) is 16.5. The summed E-state index contributed by atoms with van der Waals surface area (Å²) >= 11 is 18.7. The summed E-state index contributed by atoms with van der Waals surface area (Å²) in [5.74, 6) is 0. The van der Waals surface area contributed by atoms with Crippen LogP contribution in [0.4, 0.5) is 0 Å². The minimum atomic E-state index is -1.22. The summed E-state index contributed by atoms with van der Waals surface area (Å²) in [4.78, 5) is 0. The first-order chi connectivity index (χ1) is 11.0. The lowest BCUT2D eigenvalue weighted by molar-refractivity contribution is 1.66. The van der Waals surface area contributed by atoms with Crippen molar-refractivity contribution in [3.05, 3.63) is 87.9 Å². The van der Waals surface area contributed by atoms with Crippen LogP contribution >= 0.6 is 34.8 Å². The van der Waals surface area contributed by atoms with Crippen molar-refractivity contribution in [2.24, 2.45) is 0 Å². The summed E-state index contributed by atoms with van der Waals surface area (Å²) in [5, 5.41) is 2.17. The first-order valence-corrected chi connectivity index (χ1v) is 8.61. The highest BCUT2D eigenvalue weighted by Gasteiger charge is 2.25. The fourth-order valence-corrected chi connectivity index (χ4v) is 3.77. The molecular formula is C19H15BCl3-. The molecule has 4 heteroatoms. The van der Waals surface area contributed by atoms with Gasteiger partial charge in [-0.05, 0) is 18.2 Å². The largest absolute Gasteiger partial charge is 0.199 e. The van der Waals surface area contributed by atoms with Crippen LogP contribution in [0.2, 0.25) is 21.9 Å². The Balaban J connectivity index is 2.29. The molecule has 0 unspecified atom stereocenters. The molecule has 0 N–H and O–H groups in total. The van der Waals surface area contributed by atoms with Crippen molar-refractivity contribution in [3.8, 4) is 0 Å². The SMILES string of the molecule is C[B-](c1cccc(Cl)c1)(c1cccc(Cl)c1)c1cccc(Cl)c1. The molecule has 3 aromatic carbocycles. The molecule has 0 spiro atoms. The van der Waals surface area contributed by atoms with E-state index in [-0.39, 0.29) is 0 Å². The molecule has 0 aliphatic heterocycles. The van der Waals surface area contributed by atoms with E-state index in [2.05, 4.69) is 25.0 Å². The molecule has 0 aliphatic carbocycles. The van der Waals surface area contributed by atoms with Crippen LogP contribution in [0.15, 0.2) is 72.8 Å². The summed E-state index contributed by atoms with van der Waals surface area (Å²) in [6.07, 6.45) is -1.22. The molecule has 0 amide bonds. The van der Waals surface area contributed by atoms with E-state index in [1.165, 1.54) is 0 Å². The topological polar surface area (TPSA) is 0 Å². The van der Waals surface area contributed by atoms with E-state index >= 15 is 0 Å². The molecule has 0 aliphatic rings. The third kappa shape index (κ3) is 3.28. The zero-order valence-corrected chi connectivity index (χ0v) is 14.9. The van der Waals surface area contributed by atoms with E-state index in [4.69, 9.17) is 34.8 Å². The van der Waals surface area contributed by atoms with Crippen LogP contribution in [0.1, 0.15) is 0 Å². The van der Waals surface area contributed by atoms with Crippen molar-refractivity contribution in [2.75, 3.05) is 0 Å². The Kier molecular flexibility index (Phi) is 4.73. The maximum Gasteiger partial charge on any atom is 0.0789 e. The van der Waals surface area contributed by atoms with Crippen molar-refractivity contribution >= 4 is 57.3 Å². The molecule has 0 aromatic heterocycles. The van der Waals surface area contributed by atoms with Gasteiger partial charge in [-0.3, -0.25) is 0 Å². The lowest BCUT2D eigenvalue weighted by Gasteiger charge is -2.39. The van der Waals surface area contributed by atoms with Gasteiger partial charge in [-0.15, -0.1) is 0 Å². The van der Waals surface area contributed by atoms with E-state index < -0.39 is 6.15 Å². The van der Waals surface area contributed by atoms with Crippen LogP contribution in [-0.4, -0.2) is 6.15 Å². The van der Waals surface area contributed by atoms with E-state index in [1.807, 2.05) is 54.6 Å². The van der Waals surface area contributed by atoms with Crippen LogP contribution in [0.25, 0.3) is 0 Å². The number of rotatable bonds is 3. The van der Waals surface area contributed by atoms with Gasteiger partial charge in [0.25, 0.3) is 0 Å². The average Bonchev–Trinajstić information content (AvgIpc) is 2.54. The Morgan fingerprint density at radius 1 is 0.565 bits per heavy atom. The fraction of sp³-hybridized carbons (Fsp3) is 0.0526. The number of benzene rings is 3. The van der Waals surface area contributed by atoms with Crippen molar-refractivity contribution in [1.29, 1.82) is 0 Å². The molecule has 3 aromatic rings. The Bertz CT molecular complexity index is 734. The zero-order valence-electron chi connectivity index (χ0n) is 12.6. The van der Waals surface area contributed by atoms with E-state index in [0.717, 1.165) is 31.5 Å². The molecule has 0 saturated carbocycles. The minimum absolute atomic E-state index is 0.722. The summed E-state index contributed by atoms with van der Waals surface area (Å²) in [5.41, 5.74) is 3.46. The lowest BCUT2D eigenvalue weighted by Crippen LogP contribution is -2.64. The second-order valence-corrected chi connectivity index (χ2v) is 7.27. The molecule has 0 saturated heterocycles. The summed E-state index contributed by atoms with van der Waals surface area (Å²) in [7, 11) is 0. The second kappa shape index (κ2) is 6.61. The Hall–Kier alpha value is -1.41. The van der Waals surface area contributed by atoms with Gasteiger partial charge in [0.05, 0.1) is 6.15 Å². The molecular weight excluding hydrogens is 345 g/mol. The minimum Gasteiger partial charge on any atom is -0.199 e. The van der Waals surface area contributed by atoms with E-state index in [9.17, 15) is 0 Å². The van der Waals surface area contributed by atoms with Crippen molar-refractivity contribution < 1.29 is 0 Å². The van der Waals surface area contributed by atoms with Gasteiger partial charge in [0, 0.05) is 15.1 Å². The van der Waals surface area contributed by atoms with Crippen molar-refractivity contribution in [2.45, 2.75) is 6.82 Å². The summed E-state index contributed by atoms with van der Waals surface area (Å²) < 4.78 is 0. The number of halogens is 3. The van der Waals surface area contributed by atoms with E-state index in [1.54, 1.807) is 0 Å². The highest BCUT2D eigenvalue weighted by molar-refractivity contribution is 7.10. The van der Waals surface area contributed by atoms with Gasteiger partial charge in [0.2, 0.25) is 0 Å². The number of hydrogen-bond acceptors (Lipinski definition) is 0. The van der Waals surface area contributed by atoms with Gasteiger partial charge in [0.1, 0.15) is 0 Å². The molecule has 0 atom stereocenters. The second-order valence-electron chi connectivity index (χ2n) is 5.96. The van der Waals surface area contributed by atoms with Gasteiger partial charge in [-0.1, -0.05) is 89.4 Å². The third-order valence-electron chi connectivity index (χ3n) is 4.55. The van der Waals surface area contributed by atoms with Gasteiger partial charge >= 0.3 is 0 Å². The molecule has 0 nitrogen and oxygen atoms in total. The third-order valence-corrected chi connectivity index (χ3v) is 5.25. The van der Waals surface area contributed by atoms with Crippen LogP contribution in [0, 0.1) is 0 Å². The predicted molar refractivity (Wildman–Crippen MR) is 105 cm³/mol. The van der Waals surface area contributed by atoms with Crippen LogP contribution < -0.4 is 16.4 Å². The fourth-order valence-electron chi connectivity index (χ4n) is 3.17. The Morgan fingerprint density at radius 3 is 1.13 bits per heavy atom. The molecule has 0 bridgehead atoms. The van der Waals surface area contributed by atoms with Crippen LogP contribution in [-0.2, 0) is 0 Å². The van der Waals surface area contributed by atoms with Gasteiger partial charge < -0.3 is 0 Å². The van der Waals surface area contributed by atoms with Gasteiger partial charge in [0.15, 0.2) is 0 Å². The van der Waals surface area contributed by atoms with Gasteiger partial charge in [-0.25, -0.2) is 0 Å². The van der Waals surface area contributed by atoms with Gasteiger partial charge in [-0.2, -0.15) is 23.2 Å². The lowest BCUT2D eigenvalue weighted by atomic mass is 9.17. The molecule has 3 rings (SSSR count). The molecule has 116 valence electrons. The normalized spacial score (nSPS) is 11.5. The summed E-state index contributed by atoms with van der Waals surface area (Å²) in [6.45, 7) is 2.23. The van der Waals surface area contributed by atoms with Crippen molar-refractivity contribution in [1.82, 2.24) is 0 Å². The van der Waals surface area contributed by atoms with Crippen molar-refractivity contribution in [3.63, 3.8) is 0 Å². The van der Waals surface area contributed by atoms with Crippen LogP contribution in [0.5, 0.6) is 0 Å².